The van der Waals surface area contributed by atoms with Crippen LogP contribution in [0, 0.1) is 0 Å². The van der Waals surface area contributed by atoms with Crippen molar-refractivity contribution in [2.75, 3.05) is 6.67 Å². The SMILES string of the molecule is CC[C@@H](C(=O)NC(CC(=O)O)C(=O)CF)n1cnc2ccc(Oc3ccc(Cl)cc3Cl)cc2c1=O. The molecule has 0 aliphatic rings. The zero-order valence-electron chi connectivity index (χ0n) is 18.3. The van der Waals surface area contributed by atoms with Crippen LogP contribution in [0.5, 0.6) is 11.5 Å². The molecule has 0 spiro atoms. The molecule has 0 fully saturated rings. The normalized spacial score (nSPS) is 12.7. The Morgan fingerprint density at radius 3 is 2.57 bits per heavy atom. The highest BCUT2D eigenvalue weighted by atomic mass is 35.5. The molecule has 1 aromatic heterocycles. The third-order valence-corrected chi connectivity index (χ3v) is 5.65. The minimum Gasteiger partial charge on any atom is -0.481 e. The number of amides is 1. The molecule has 35 heavy (non-hydrogen) atoms. The van der Waals surface area contributed by atoms with Gasteiger partial charge in [0.15, 0.2) is 5.78 Å². The Morgan fingerprint density at radius 2 is 1.94 bits per heavy atom. The molecule has 1 heterocycles. The van der Waals surface area contributed by atoms with Gasteiger partial charge in [-0.05, 0) is 42.8 Å². The molecule has 2 aromatic carbocycles. The minimum absolute atomic E-state index is 0.110. The van der Waals surface area contributed by atoms with Gasteiger partial charge in [0.1, 0.15) is 30.3 Å². The van der Waals surface area contributed by atoms with E-state index in [2.05, 4.69) is 10.3 Å². The lowest BCUT2D eigenvalue weighted by atomic mass is 10.1. The van der Waals surface area contributed by atoms with Crippen molar-refractivity contribution in [1.82, 2.24) is 14.9 Å². The maximum atomic E-state index is 13.2. The molecule has 3 aromatic rings. The van der Waals surface area contributed by atoms with Gasteiger partial charge in [0.2, 0.25) is 5.91 Å². The average molecular weight is 524 g/mol. The first-order chi connectivity index (χ1) is 16.6. The van der Waals surface area contributed by atoms with Gasteiger partial charge in [-0.2, -0.15) is 0 Å². The Kier molecular flexibility index (Phi) is 8.42. The molecule has 184 valence electrons. The van der Waals surface area contributed by atoms with Gasteiger partial charge in [-0.3, -0.25) is 23.7 Å². The molecule has 12 heteroatoms. The molecule has 0 saturated heterocycles. The van der Waals surface area contributed by atoms with Crippen LogP contribution in [-0.4, -0.2) is 45.0 Å². The first-order valence-corrected chi connectivity index (χ1v) is 11.1. The highest BCUT2D eigenvalue weighted by molar-refractivity contribution is 6.35. The molecule has 0 aliphatic heterocycles. The van der Waals surface area contributed by atoms with Crippen molar-refractivity contribution >= 4 is 51.8 Å². The van der Waals surface area contributed by atoms with Gasteiger partial charge in [0.05, 0.1) is 28.7 Å². The van der Waals surface area contributed by atoms with Crippen molar-refractivity contribution in [2.24, 2.45) is 0 Å². The van der Waals surface area contributed by atoms with Crippen LogP contribution in [0.3, 0.4) is 0 Å². The fourth-order valence-electron chi connectivity index (χ4n) is 3.37. The smallest absolute Gasteiger partial charge is 0.305 e. The number of hydrogen-bond acceptors (Lipinski definition) is 6. The lowest BCUT2D eigenvalue weighted by molar-refractivity contribution is -0.140. The zero-order chi connectivity index (χ0) is 25.7. The second-order valence-electron chi connectivity index (χ2n) is 7.50. The number of aromatic nitrogens is 2. The number of carbonyl (C=O) groups excluding carboxylic acids is 2. The highest BCUT2D eigenvalue weighted by Gasteiger charge is 2.28. The van der Waals surface area contributed by atoms with Gasteiger partial charge in [-0.25, -0.2) is 9.37 Å². The van der Waals surface area contributed by atoms with Crippen molar-refractivity contribution in [2.45, 2.75) is 31.8 Å². The zero-order valence-corrected chi connectivity index (χ0v) is 19.8. The molecule has 0 bridgehead atoms. The lowest BCUT2D eigenvalue weighted by Gasteiger charge is -2.21. The van der Waals surface area contributed by atoms with Gasteiger partial charge in [-0.15, -0.1) is 0 Å². The Balaban J connectivity index is 1.94. The molecule has 9 nitrogen and oxygen atoms in total. The van der Waals surface area contributed by atoms with Gasteiger partial charge in [0, 0.05) is 5.02 Å². The summed E-state index contributed by atoms with van der Waals surface area (Å²) in [6.07, 6.45) is 0.501. The van der Waals surface area contributed by atoms with Gasteiger partial charge >= 0.3 is 5.97 Å². The molecule has 2 N–H and O–H groups in total. The molecular weight excluding hydrogens is 504 g/mol. The summed E-state index contributed by atoms with van der Waals surface area (Å²) < 4.78 is 19.7. The maximum absolute atomic E-state index is 13.2. The minimum atomic E-state index is -1.56. The molecular formula is C23H20Cl2FN3O6. The number of aliphatic carboxylic acids is 1. The number of carboxylic acids is 1. The summed E-state index contributed by atoms with van der Waals surface area (Å²) in [5, 5.41) is 12.0. The van der Waals surface area contributed by atoms with E-state index in [0.717, 1.165) is 4.57 Å². The number of halogens is 3. The molecule has 3 rings (SSSR count). The molecule has 1 amide bonds. The average Bonchev–Trinajstić information content (AvgIpc) is 2.81. The molecule has 0 aliphatic carbocycles. The number of hydrogen-bond donors (Lipinski definition) is 2. The number of carbonyl (C=O) groups is 3. The molecule has 1 unspecified atom stereocenters. The first kappa shape index (κ1) is 26.1. The van der Waals surface area contributed by atoms with Crippen molar-refractivity contribution in [3.63, 3.8) is 0 Å². The number of nitrogens with one attached hydrogen (secondary N) is 1. The van der Waals surface area contributed by atoms with Crippen LogP contribution in [0.1, 0.15) is 25.8 Å². The number of fused-ring (bicyclic) bond motifs is 1. The monoisotopic (exact) mass is 523 g/mol. The third kappa shape index (κ3) is 6.14. The number of ketones is 1. The Bertz CT molecular complexity index is 1350. The van der Waals surface area contributed by atoms with E-state index in [-0.39, 0.29) is 22.6 Å². The molecule has 2 atom stereocenters. The van der Waals surface area contributed by atoms with Crippen LogP contribution in [0.2, 0.25) is 10.0 Å². The fourth-order valence-corrected chi connectivity index (χ4v) is 3.82. The standard InChI is InChI=1S/C23H20Cl2FN3O6/c1-2-18(22(33)28-17(9-21(31)32)19(30)10-26)29-11-27-16-5-4-13(8-14(16)23(29)34)35-20-6-3-12(24)7-15(20)25/h3-8,11,17-18H,2,9-10H2,1H3,(H,28,33)(H,31,32)/t17?,18-/m0/s1. The summed E-state index contributed by atoms with van der Waals surface area (Å²) >= 11 is 12.0. The Hall–Kier alpha value is -3.50. The van der Waals surface area contributed by atoms with E-state index < -0.39 is 48.4 Å². The number of carboxylic acid groups (broad SMARTS) is 1. The number of benzene rings is 2. The van der Waals surface area contributed by atoms with E-state index in [0.29, 0.717) is 16.3 Å². The van der Waals surface area contributed by atoms with Gasteiger partial charge in [0.25, 0.3) is 5.56 Å². The van der Waals surface area contributed by atoms with Crippen LogP contribution >= 0.6 is 23.2 Å². The van der Waals surface area contributed by atoms with Crippen molar-refractivity contribution in [3.05, 3.63) is 63.1 Å². The van der Waals surface area contributed by atoms with Crippen LogP contribution in [-0.2, 0) is 14.4 Å². The summed E-state index contributed by atoms with van der Waals surface area (Å²) in [6.45, 7) is 0.180. The van der Waals surface area contributed by atoms with E-state index in [1.165, 1.54) is 18.5 Å². The van der Waals surface area contributed by atoms with E-state index in [9.17, 15) is 23.6 Å². The number of ether oxygens (including phenoxy) is 1. The first-order valence-electron chi connectivity index (χ1n) is 10.4. The second kappa shape index (κ2) is 11.3. The largest absolute Gasteiger partial charge is 0.481 e. The lowest BCUT2D eigenvalue weighted by Crippen LogP contribution is -2.47. The summed E-state index contributed by atoms with van der Waals surface area (Å²) in [5.74, 6) is -2.69. The number of alkyl halides is 1. The van der Waals surface area contributed by atoms with Gasteiger partial charge in [-0.1, -0.05) is 30.1 Å². The van der Waals surface area contributed by atoms with E-state index in [1.807, 2.05) is 0 Å². The number of Topliss-reactive ketones (excluding diaryl/α,β-unsaturated/α-hetero) is 1. The number of rotatable bonds is 10. The van der Waals surface area contributed by atoms with Crippen LogP contribution in [0.4, 0.5) is 4.39 Å². The second-order valence-corrected chi connectivity index (χ2v) is 8.34. The van der Waals surface area contributed by atoms with Crippen molar-refractivity contribution < 1.29 is 28.6 Å². The predicted molar refractivity (Wildman–Crippen MR) is 127 cm³/mol. The summed E-state index contributed by atoms with van der Waals surface area (Å²) in [4.78, 5) is 53.0. The molecule has 0 radical (unpaired) electrons. The highest BCUT2D eigenvalue weighted by Crippen LogP contribution is 2.32. The third-order valence-electron chi connectivity index (χ3n) is 5.12. The fraction of sp³-hybridized carbons (Fsp3) is 0.261. The maximum Gasteiger partial charge on any atom is 0.305 e. The Morgan fingerprint density at radius 1 is 1.20 bits per heavy atom. The topological polar surface area (TPSA) is 128 Å². The quantitative estimate of drug-likeness (QED) is 0.411. The predicted octanol–water partition coefficient (Wildman–Crippen LogP) is 3.94. The van der Waals surface area contributed by atoms with Crippen molar-refractivity contribution in [3.8, 4) is 11.5 Å². The molecule has 0 saturated carbocycles. The van der Waals surface area contributed by atoms with Crippen molar-refractivity contribution in [1.29, 1.82) is 0 Å². The Labute approximate surface area is 208 Å². The van der Waals surface area contributed by atoms with Crippen LogP contribution in [0.25, 0.3) is 10.9 Å². The van der Waals surface area contributed by atoms with Gasteiger partial charge < -0.3 is 15.2 Å². The summed E-state index contributed by atoms with van der Waals surface area (Å²) in [6, 6.07) is 6.57. The summed E-state index contributed by atoms with van der Waals surface area (Å²) in [7, 11) is 0. The van der Waals surface area contributed by atoms with E-state index in [4.69, 9.17) is 33.0 Å². The van der Waals surface area contributed by atoms with Crippen LogP contribution < -0.4 is 15.6 Å². The van der Waals surface area contributed by atoms with E-state index >= 15 is 0 Å². The van der Waals surface area contributed by atoms with E-state index in [1.54, 1.807) is 31.2 Å². The number of nitrogens with zero attached hydrogens (tertiary/aromatic N) is 2. The summed E-state index contributed by atoms with van der Waals surface area (Å²) in [5.41, 5.74) is -0.233. The van der Waals surface area contributed by atoms with Crippen LogP contribution in [0.15, 0.2) is 47.5 Å².